The van der Waals surface area contributed by atoms with Crippen LogP contribution in [0.4, 0.5) is 0 Å². The summed E-state index contributed by atoms with van der Waals surface area (Å²) in [7, 11) is 0. The minimum absolute atomic E-state index is 0.154. The first-order valence-electron chi connectivity index (χ1n) is 9.79. The van der Waals surface area contributed by atoms with Crippen LogP contribution < -0.4 is 10.7 Å². The maximum absolute atomic E-state index is 12.9. The van der Waals surface area contributed by atoms with Crippen LogP contribution in [0.2, 0.25) is 5.02 Å². The minimum Gasteiger partial charge on any atom is -0.455 e. The van der Waals surface area contributed by atoms with Crippen molar-refractivity contribution in [2.75, 3.05) is 26.2 Å². The zero-order chi connectivity index (χ0) is 21.0. The van der Waals surface area contributed by atoms with Crippen LogP contribution in [0.15, 0.2) is 51.7 Å². The highest BCUT2D eigenvalue weighted by Crippen LogP contribution is 2.28. The van der Waals surface area contributed by atoms with Gasteiger partial charge in [0.1, 0.15) is 5.76 Å². The van der Waals surface area contributed by atoms with Gasteiger partial charge in [-0.3, -0.25) is 9.59 Å². The van der Waals surface area contributed by atoms with E-state index in [9.17, 15) is 9.59 Å². The van der Waals surface area contributed by atoms with Gasteiger partial charge in [0.15, 0.2) is 11.0 Å². The summed E-state index contributed by atoms with van der Waals surface area (Å²) in [5.41, 5.74) is 1.67. The Balaban J connectivity index is 2.01. The largest absolute Gasteiger partial charge is 0.455 e. The molecule has 0 aliphatic heterocycles. The Labute approximate surface area is 175 Å². The Hall–Kier alpha value is -2.63. The zero-order valence-corrected chi connectivity index (χ0v) is 17.7. The Morgan fingerprint density at radius 3 is 2.55 bits per heavy atom. The molecule has 0 spiro atoms. The Kier molecular flexibility index (Phi) is 6.72. The Bertz CT molecular complexity index is 1090. The summed E-state index contributed by atoms with van der Waals surface area (Å²) in [6, 6.07) is 12.2. The summed E-state index contributed by atoms with van der Waals surface area (Å²) in [5, 5.41) is 3.87. The fourth-order valence-corrected chi connectivity index (χ4v) is 3.55. The summed E-state index contributed by atoms with van der Waals surface area (Å²) in [6.45, 7) is 9.04. The van der Waals surface area contributed by atoms with E-state index < -0.39 is 0 Å². The highest BCUT2D eigenvalue weighted by molar-refractivity contribution is 6.30. The number of nitrogens with zero attached hydrogens (tertiary/aromatic N) is 1. The van der Waals surface area contributed by atoms with Crippen LogP contribution in [0, 0.1) is 6.92 Å². The molecule has 0 fully saturated rings. The number of para-hydroxylation sites is 1. The van der Waals surface area contributed by atoms with E-state index in [0.717, 1.165) is 19.6 Å². The molecule has 5 nitrogen and oxygen atoms in total. The van der Waals surface area contributed by atoms with Gasteiger partial charge in [0.05, 0.1) is 10.9 Å². The lowest BCUT2D eigenvalue weighted by molar-refractivity contribution is 0.0949. The summed E-state index contributed by atoms with van der Waals surface area (Å²) < 4.78 is 6.11. The van der Waals surface area contributed by atoms with Gasteiger partial charge in [-0.05, 0) is 44.3 Å². The molecular weight excluding hydrogens is 388 g/mol. The molecule has 2 aromatic carbocycles. The van der Waals surface area contributed by atoms with E-state index in [4.69, 9.17) is 16.0 Å². The molecule has 0 aliphatic carbocycles. The first-order chi connectivity index (χ1) is 14.0. The number of fused-ring (bicyclic) bond motifs is 1. The molecule has 0 saturated carbocycles. The number of hydrogen-bond donors (Lipinski definition) is 1. The summed E-state index contributed by atoms with van der Waals surface area (Å²) in [6.07, 6.45) is 0. The molecule has 1 N–H and O–H groups in total. The Morgan fingerprint density at radius 1 is 1.14 bits per heavy atom. The molecular formula is C23H25ClN2O3. The van der Waals surface area contributed by atoms with E-state index in [-0.39, 0.29) is 11.3 Å². The molecule has 0 aliphatic rings. The van der Waals surface area contributed by atoms with E-state index in [1.165, 1.54) is 0 Å². The molecule has 152 valence electrons. The number of halogens is 1. The average molecular weight is 413 g/mol. The number of benzene rings is 2. The number of amides is 1. The topological polar surface area (TPSA) is 62.6 Å². The molecule has 3 rings (SSSR count). The quantitative estimate of drug-likeness (QED) is 0.620. The molecule has 0 bridgehead atoms. The van der Waals surface area contributed by atoms with Crippen molar-refractivity contribution in [3.63, 3.8) is 0 Å². The first-order valence-corrected chi connectivity index (χ1v) is 10.2. The van der Waals surface area contributed by atoms with E-state index in [0.29, 0.717) is 45.0 Å². The molecule has 0 atom stereocenters. The van der Waals surface area contributed by atoms with E-state index in [1.54, 1.807) is 43.3 Å². The second-order valence-electron chi connectivity index (χ2n) is 6.86. The van der Waals surface area contributed by atoms with Gasteiger partial charge in [-0.2, -0.15) is 0 Å². The van der Waals surface area contributed by atoms with Crippen molar-refractivity contribution in [2.24, 2.45) is 0 Å². The minimum atomic E-state index is -0.258. The summed E-state index contributed by atoms with van der Waals surface area (Å²) in [5.74, 6) is 0.167. The number of hydrogen-bond acceptors (Lipinski definition) is 4. The van der Waals surface area contributed by atoms with Crippen molar-refractivity contribution < 1.29 is 9.21 Å². The monoisotopic (exact) mass is 412 g/mol. The molecule has 29 heavy (non-hydrogen) atoms. The number of nitrogens with one attached hydrogen (secondary N) is 1. The van der Waals surface area contributed by atoms with Gasteiger partial charge in [0.25, 0.3) is 5.91 Å². The number of rotatable bonds is 7. The van der Waals surface area contributed by atoms with Crippen molar-refractivity contribution in [3.05, 3.63) is 68.8 Å². The van der Waals surface area contributed by atoms with Gasteiger partial charge in [0.2, 0.25) is 0 Å². The number of likely N-dealkylation sites (N-methyl/N-ethyl adjacent to an activating group) is 1. The fourth-order valence-electron chi connectivity index (χ4n) is 3.36. The SMILES string of the molecule is CCN(CC)CCNC(=O)c1cccc2c(=O)c(C)c(-c3cccc(Cl)c3)oc12. The van der Waals surface area contributed by atoms with Crippen LogP contribution in [0.1, 0.15) is 29.8 Å². The maximum atomic E-state index is 12.9. The van der Waals surface area contributed by atoms with Crippen LogP contribution >= 0.6 is 11.6 Å². The molecule has 1 aromatic heterocycles. The molecule has 0 radical (unpaired) electrons. The Morgan fingerprint density at radius 2 is 1.86 bits per heavy atom. The lowest BCUT2D eigenvalue weighted by Crippen LogP contribution is -2.34. The highest BCUT2D eigenvalue weighted by atomic mass is 35.5. The normalized spacial score (nSPS) is 11.2. The predicted molar refractivity (Wildman–Crippen MR) is 118 cm³/mol. The van der Waals surface area contributed by atoms with Gasteiger partial charge in [-0.1, -0.05) is 43.6 Å². The third-order valence-corrected chi connectivity index (χ3v) is 5.32. The number of carbonyl (C=O) groups is 1. The fraction of sp³-hybridized carbons (Fsp3) is 0.304. The third-order valence-electron chi connectivity index (χ3n) is 5.08. The van der Waals surface area contributed by atoms with Gasteiger partial charge < -0.3 is 14.6 Å². The highest BCUT2D eigenvalue weighted by Gasteiger charge is 2.18. The van der Waals surface area contributed by atoms with Crippen LogP contribution in [-0.2, 0) is 0 Å². The predicted octanol–water partition coefficient (Wildman–Crippen LogP) is 4.49. The van der Waals surface area contributed by atoms with Crippen molar-refractivity contribution in [1.82, 2.24) is 10.2 Å². The molecule has 1 heterocycles. The molecule has 0 saturated heterocycles. The van der Waals surface area contributed by atoms with Crippen molar-refractivity contribution >= 4 is 28.5 Å². The zero-order valence-electron chi connectivity index (χ0n) is 16.9. The van der Waals surface area contributed by atoms with Crippen LogP contribution in [0.3, 0.4) is 0 Å². The standard InChI is InChI=1S/C23H25ClN2O3/c1-4-26(5-2)13-12-25-23(28)19-11-7-10-18-20(27)15(3)21(29-22(18)19)16-8-6-9-17(24)14-16/h6-11,14H,4-5,12-13H2,1-3H3,(H,25,28). The molecule has 0 unspecified atom stereocenters. The van der Waals surface area contributed by atoms with E-state index in [2.05, 4.69) is 24.1 Å². The third kappa shape index (κ3) is 4.52. The van der Waals surface area contributed by atoms with Crippen LogP contribution in [-0.4, -0.2) is 37.0 Å². The molecule has 1 amide bonds. The molecule has 3 aromatic rings. The second kappa shape index (κ2) is 9.25. The van der Waals surface area contributed by atoms with E-state index >= 15 is 0 Å². The van der Waals surface area contributed by atoms with E-state index in [1.807, 2.05) is 6.07 Å². The first kappa shape index (κ1) is 21.1. The lowest BCUT2D eigenvalue weighted by Gasteiger charge is -2.18. The lowest BCUT2D eigenvalue weighted by atomic mass is 10.0. The summed E-state index contributed by atoms with van der Waals surface area (Å²) in [4.78, 5) is 28.0. The van der Waals surface area contributed by atoms with Gasteiger partial charge in [-0.25, -0.2) is 0 Å². The number of carbonyl (C=O) groups excluding carboxylic acids is 1. The van der Waals surface area contributed by atoms with Crippen molar-refractivity contribution in [1.29, 1.82) is 0 Å². The second-order valence-corrected chi connectivity index (χ2v) is 7.30. The van der Waals surface area contributed by atoms with Gasteiger partial charge >= 0.3 is 0 Å². The van der Waals surface area contributed by atoms with Crippen molar-refractivity contribution in [2.45, 2.75) is 20.8 Å². The molecule has 6 heteroatoms. The average Bonchev–Trinajstić information content (AvgIpc) is 2.73. The van der Waals surface area contributed by atoms with Gasteiger partial charge in [0, 0.05) is 29.2 Å². The smallest absolute Gasteiger partial charge is 0.255 e. The van der Waals surface area contributed by atoms with Crippen LogP contribution in [0.5, 0.6) is 0 Å². The van der Waals surface area contributed by atoms with Gasteiger partial charge in [-0.15, -0.1) is 0 Å². The van der Waals surface area contributed by atoms with Crippen molar-refractivity contribution in [3.8, 4) is 11.3 Å². The summed E-state index contributed by atoms with van der Waals surface area (Å²) >= 11 is 6.11. The van der Waals surface area contributed by atoms with Crippen LogP contribution in [0.25, 0.3) is 22.3 Å². The maximum Gasteiger partial charge on any atom is 0.255 e.